The van der Waals surface area contributed by atoms with Gasteiger partial charge in [0.1, 0.15) is 0 Å². The Morgan fingerprint density at radius 3 is 2.54 bits per heavy atom. The highest BCUT2D eigenvalue weighted by molar-refractivity contribution is 6.22. The van der Waals surface area contributed by atoms with Gasteiger partial charge in [-0.1, -0.05) is 72.0 Å². The minimum Gasteiger partial charge on any atom is -0.118 e. The molecule has 1 heteroatoms. The number of hydrogen-bond donors (Lipinski definition) is 0. The van der Waals surface area contributed by atoms with Gasteiger partial charge in [-0.15, -0.1) is 11.6 Å². The summed E-state index contributed by atoms with van der Waals surface area (Å²) in [5.41, 5.74) is 2.66. The normalized spacial score (nSPS) is 46.5. The second kappa shape index (κ2) is 7.94. The molecule has 4 aliphatic rings. The fourth-order valence-corrected chi connectivity index (χ4v) is 9.25. The van der Waals surface area contributed by atoms with E-state index in [2.05, 4.69) is 40.7 Å². The lowest BCUT2D eigenvalue weighted by Crippen LogP contribution is -2.51. The van der Waals surface area contributed by atoms with Gasteiger partial charge in [0.05, 0.1) is 5.38 Å². The van der Waals surface area contributed by atoms with Crippen molar-refractivity contribution in [3.05, 3.63) is 11.6 Å². The Kier molecular flexibility index (Phi) is 6.03. The molecule has 0 heterocycles. The number of hydrogen-bond acceptors (Lipinski definition) is 0. The summed E-state index contributed by atoms with van der Waals surface area (Å²) in [6.07, 6.45) is 18.1. The molecule has 0 saturated heterocycles. The third-order valence-electron chi connectivity index (χ3n) is 10.2. The lowest BCUT2D eigenvalue weighted by Gasteiger charge is -2.58. The molecule has 0 amide bonds. The van der Waals surface area contributed by atoms with Crippen molar-refractivity contribution in [2.24, 2.45) is 46.3 Å². The van der Waals surface area contributed by atoms with Gasteiger partial charge < -0.3 is 0 Å². The van der Waals surface area contributed by atoms with Crippen LogP contribution in [0, 0.1) is 46.3 Å². The second-order valence-corrected chi connectivity index (χ2v) is 12.6. The summed E-state index contributed by atoms with van der Waals surface area (Å²) in [7, 11) is 0. The molecule has 0 N–H and O–H groups in total. The second-order valence-electron chi connectivity index (χ2n) is 12.1. The molecule has 0 aromatic carbocycles. The van der Waals surface area contributed by atoms with Crippen LogP contribution in [0.4, 0.5) is 0 Å². The Morgan fingerprint density at radius 2 is 1.79 bits per heavy atom. The van der Waals surface area contributed by atoms with E-state index in [-0.39, 0.29) is 0 Å². The van der Waals surface area contributed by atoms with Gasteiger partial charge in [0, 0.05) is 0 Å². The van der Waals surface area contributed by atoms with Crippen LogP contribution in [0.15, 0.2) is 11.6 Å². The largest absolute Gasteiger partial charge is 0.118 e. The van der Waals surface area contributed by atoms with Crippen molar-refractivity contribution in [1.29, 1.82) is 0 Å². The van der Waals surface area contributed by atoms with Gasteiger partial charge in [0.2, 0.25) is 0 Å². The highest BCUT2D eigenvalue weighted by Gasteiger charge is 2.59. The topological polar surface area (TPSA) is 0 Å². The molecule has 0 aromatic rings. The summed E-state index contributed by atoms with van der Waals surface area (Å²) in [5.74, 6) is 5.55. The van der Waals surface area contributed by atoms with Crippen molar-refractivity contribution >= 4 is 11.6 Å². The van der Waals surface area contributed by atoms with E-state index in [1.807, 2.05) is 0 Å². The molecule has 160 valence electrons. The zero-order valence-electron chi connectivity index (χ0n) is 19.3. The van der Waals surface area contributed by atoms with Crippen LogP contribution in [0.2, 0.25) is 0 Å². The van der Waals surface area contributed by atoms with Crippen molar-refractivity contribution in [3.8, 4) is 0 Å². The number of alkyl halides is 1. The van der Waals surface area contributed by atoms with Gasteiger partial charge in [-0.2, -0.15) is 0 Å². The maximum absolute atomic E-state index is 6.82. The zero-order valence-corrected chi connectivity index (χ0v) is 20.0. The first-order valence-electron chi connectivity index (χ1n) is 12.6. The smallest absolute Gasteiger partial charge is 0.0550 e. The number of rotatable bonds is 5. The summed E-state index contributed by atoms with van der Waals surface area (Å²) in [5, 5.41) is 0.324. The summed E-state index contributed by atoms with van der Waals surface area (Å²) >= 11 is 6.82. The molecule has 8 atom stereocenters. The number of fused-ring (bicyclic) bond motifs is 5. The molecule has 0 nitrogen and oxygen atoms in total. The first-order valence-corrected chi connectivity index (χ1v) is 13.1. The molecule has 4 rings (SSSR count). The van der Waals surface area contributed by atoms with E-state index in [1.165, 1.54) is 70.6 Å². The highest BCUT2D eigenvalue weighted by Crippen LogP contribution is 2.67. The number of allylic oxidation sites excluding steroid dienone is 2. The van der Waals surface area contributed by atoms with Crippen LogP contribution < -0.4 is 0 Å². The fraction of sp³-hybridized carbons (Fsp3) is 0.926. The van der Waals surface area contributed by atoms with Crippen molar-refractivity contribution in [2.75, 3.05) is 0 Å². The third-order valence-corrected chi connectivity index (χ3v) is 10.7. The molecule has 0 radical (unpaired) electrons. The minimum absolute atomic E-state index is 0.324. The Balaban J connectivity index is 1.50. The average molecular weight is 405 g/mol. The Morgan fingerprint density at radius 1 is 1.00 bits per heavy atom. The predicted octanol–water partition coefficient (Wildman–Crippen LogP) is 8.64. The van der Waals surface area contributed by atoms with E-state index in [9.17, 15) is 0 Å². The third kappa shape index (κ3) is 3.42. The summed E-state index contributed by atoms with van der Waals surface area (Å²) in [4.78, 5) is 0. The van der Waals surface area contributed by atoms with Gasteiger partial charge >= 0.3 is 0 Å². The van der Waals surface area contributed by atoms with E-state index < -0.39 is 0 Å². The standard InChI is InChI=1S/C27H45Cl/c1-18(2)8-6-9-19(3)21-13-14-22-20-11-12-24-25(28)10-7-16-26(24,4)23(20)15-17-27(21,22)5/h12,18-23,25H,6-11,13-17H2,1-5H3/t19-,20+,21-,22+,23+,25?,26-,27-/m1/s1. The van der Waals surface area contributed by atoms with Crippen LogP contribution in [0.1, 0.15) is 105 Å². The number of halogens is 1. The molecule has 3 fully saturated rings. The monoisotopic (exact) mass is 404 g/mol. The molecule has 0 spiro atoms. The van der Waals surface area contributed by atoms with Crippen LogP contribution >= 0.6 is 11.6 Å². The lowest BCUT2D eigenvalue weighted by atomic mass is 9.47. The molecule has 4 aliphatic carbocycles. The summed E-state index contributed by atoms with van der Waals surface area (Å²) < 4.78 is 0. The van der Waals surface area contributed by atoms with Crippen molar-refractivity contribution in [3.63, 3.8) is 0 Å². The first-order chi connectivity index (χ1) is 13.3. The van der Waals surface area contributed by atoms with E-state index >= 15 is 0 Å². The quantitative estimate of drug-likeness (QED) is 0.317. The molecule has 1 unspecified atom stereocenters. The molecule has 28 heavy (non-hydrogen) atoms. The van der Waals surface area contributed by atoms with Crippen molar-refractivity contribution < 1.29 is 0 Å². The SMILES string of the molecule is CC(C)CCC[C@@H](C)[C@H]1CC[C@H]2[C@@H]3CC=C4C(Cl)CCC[C@]4(C)[C@H]3CC[C@]12C. The van der Waals surface area contributed by atoms with E-state index in [0.717, 1.165) is 35.5 Å². The maximum Gasteiger partial charge on any atom is 0.0550 e. The van der Waals surface area contributed by atoms with Gasteiger partial charge in [-0.25, -0.2) is 0 Å². The Hall–Kier alpha value is 0.0300. The molecule has 3 saturated carbocycles. The van der Waals surface area contributed by atoms with Crippen LogP contribution in [-0.2, 0) is 0 Å². The molecule has 0 aromatic heterocycles. The first kappa shape index (κ1) is 21.3. The molecular weight excluding hydrogens is 360 g/mol. The Labute approximate surface area is 180 Å². The van der Waals surface area contributed by atoms with E-state index in [4.69, 9.17) is 11.6 Å². The van der Waals surface area contributed by atoms with Crippen LogP contribution in [0.3, 0.4) is 0 Å². The van der Waals surface area contributed by atoms with Crippen LogP contribution in [0.5, 0.6) is 0 Å². The van der Waals surface area contributed by atoms with Crippen molar-refractivity contribution in [2.45, 2.75) is 111 Å². The van der Waals surface area contributed by atoms with Gasteiger partial charge in [-0.3, -0.25) is 0 Å². The van der Waals surface area contributed by atoms with Crippen LogP contribution in [-0.4, -0.2) is 5.38 Å². The van der Waals surface area contributed by atoms with Crippen LogP contribution in [0.25, 0.3) is 0 Å². The Bertz CT molecular complexity index is 591. The molecule has 0 aliphatic heterocycles. The van der Waals surface area contributed by atoms with Gasteiger partial charge in [-0.05, 0) is 91.3 Å². The highest BCUT2D eigenvalue weighted by atomic mass is 35.5. The molecular formula is C27H45Cl. The summed E-state index contributed by atoms with van der Waals surface area (Å²) in [6, 6.07) is 0. The van der Waals surface area contributed by atoms with Crippen molar-refractivity contribution in [1.82, 2.24) is 0 Å². The maximum atomic E-state index is 6.82. The van der Waals surface area contributed by atoms with Gasteiger partial charge in [0.25, 0.3) is 0 Å². The van der Waals surface area contributed by atoms with E-state index in [0.29, 0.717) is 16.2 Å². The summed E-state index contributed by atoms with van der Waals surface area (Å²) in [6.45, 7) is 12.6. The zero-order chi connectivity index (χ0) is 20.1. The average Bonchev–Trinajstić information content (AvgIpc) is 2.98. The van der Waals surface area contributed by atoms with Gasteiger partial charge in [0.15, 0.2) is 0 Å². The minimum atomic E-state index is 0.324. The predicted molar refractivity (Wildman–Crippen MR) is 123 cm³/mol. The lowest BCUT2D eigenvalue weighted by molar-refractivity contribution is -0.0497. The van der Waals surface area contributed by atoms with E-state index in [1.54, 1.807) is 5.57 Å². The fourth-order valence-electron chi connectivity index (χ4n) is 8.76. The molecule has 0 bridgehead atoms.